The molecule has 1 amide bonds. The van der Waals surface area contributed by atoms with E-state index in [2.05, 4.69) is 31.8 Å². The predicted octanol–water partition coefficient (Wildman–Crippen LogP) is 2.29. The zero-order valence-electron chi connectivity index (χ0n) is 14.6. The molecule has 5 rings (SSSR count). The van der Waals surface area contributed by atoms with Gasteiger partial charge in [0.1, 0.15) is 11.6 Å². The van der Waals surface area contributed by atoms with E-state index >= 15 is 0 Å². The van der Waals surface area contributed by atoms with Crippen LogP contribution in [0.5, 0.6) is 0 Å². The zero-order chi connectivity index (χ0) is 17.7. The Hall–Kier alpha value is -2.80. The predicted molar refractivity (Wildman–Crippen MR) is 98.4 cm³/mol. The first-order valence-electron chi connectivity index (χ1n) is 8.98. The number of rotatable bonds is 3. The van der Waals surface area contributed by atoms with Crippen molar-refractivity contribution in [2.24, 2.45) is 5.92 Å². The average Bonchev–Trinajstić information content (AvgIpc) is 3.41. The van der Waals surface area contributed by atoms with Crippen molar-refractivity contribution in [3.63, 3.8) is 0 Å². The van der Waals surface area contributed by atoms with Crippen LogP contribution in [0.25, 0.3) is 22.3 Å². The van der Waals surface area contributed by atoms with Crippen molar-refractivity contribution in [3.8, 4) is 11.4 Å². The molecular formula is C19H20N6O. The molecule has 7 nitrogen and oxygen atoms in total. The molecule has 0 aromatic carbocycles. The van der Waals surface area contributed by atoms with Crippen molar-refractivity contribution >= 4 is 22.6 Å². The van der Waals surface area contributed by atoms with Crippen LogP contribution < -0.4 is 5.32 Å². The van der Waals surface area contributed by atoms with Gasteiger partial charge in [0, 0.05) is 36.7 Å². The lowest BCUT2D eigenvalue weighted by molar-refractivity contribution is -0.117. The number of fused-ring (bicyclic) bond motifs is 2. The number of hydrogen-bond acceptors (Lipinski definition) is 5. The van der Waals surface area contributed by atoms with E-state index < -0.39 is 0 Å². The maximum atomic E-state index is 12.0. The topological polar surface area (TPSA) is 75.9 Å². The van der Waals surface area contributed by atoms with Gasteiger partial charge in [0.2, 0.25) is 5.91 Å². The highest BCUT2D eigenvalue weighted by Gasteiger charge is 2.29. The van der Waals surface area contributed by atoms with Gasteiger partial charge in [-0.25, -0.2) is 15.0 Å². The highest BCUT2D eigenvalue weighted by molar-refractivity contribution is 5.94. The van der Waals surface area contributed by atoms with Crippen LogP contribution in [-0.4, -0.2) is 43.9 Å². The second kappa shape index (κ2) is 5.88. The summed E-state index contributed by atoms with van der Waals surface area (Å²) in [4.78, 5) is 27.9. The summed E-state index contributed by atoms with van der Waals surface area (Å²) in [6.45, 7) is 2.78. The van der Waals surface area contributed by atoms with E-state index in [-0.39, 0.29) is 11.8 Å². The van der Waals surface area contributed by atoms with Crippen LogP contribution in [0.4, 0.5) is 5.82 Å². The summed E-state index contributed by atoms with van der Waals surface area (Å²) in [6.07, 6.45) is 5.61. The number of carbonyl (C=O) groups is 1. The first-order chi connectivity index (χ1) is 12.7. The molecular weight excluding hydrogens is 328 g/mol. The standard InChI is InChI=1S/C19H20N6O/c1-24-6-7-25-16(10-21-18(25)11-24)14-5-4-13-9-20-17(8-15(13)22-14)23-19(26)12-2-3-12/h4-5,8-10,12H,2-3,6-7,11H2,1H3,(H,20,23,26). The fourth-order valence-electron chi connectivity index (χ4n) is 3.39. The van der Waals surface area contributed by atoms with Crippen LogP contribution >= 0.6 is 0 Å². The molecule has 0 unspecified atom stereocenters. The van der Waals surface area contributed by atoms with Crippen LogP contribution in [0.2, 0.25) is 0 Å². The van der Waals surface area contributed by atoms with Gasteiger partial charge in [0.05, 0.1) is 29.6 Å². The third-order valence-corrected chi connectivity index (χ3v) is 5.09. The van der Waals surface area contributed by atoms with Gasteiger partial charge in [-0.3, -0.25) is 9.69 Å². The number of nitrogens with zero attached hydrogens (tertiary/aromatic N) is 5. The summed E-state index contributed by atoms with van der Waals surface area (Å²) in [5.74, 6) is 1.85. The zero-order valence-corrected chi connectivity index (χ0v) is 14.6. The normalized spacial score (nSPS) is 17.3. The number of amides is 1. The summed E-state index contributed by atoms with van der Waals surface area (Å²) in [5, 5.41) is 3.85. The van der Waals surface area contributed by atoms with Crippen molar-refractivity contribution in [1.82, 2.24) is 24.4 Å². The van der Waals surface area contributed by atoms with Gasteiger partial charge < -0.3 is 9.88 Å². The molecule has 0 bridgehead atoms. The van der Waals surface area contributed by atoms with Gasteiger partial charge in [0.25, 0.3) is 0 Å². The Labute approximate surface area is 151 Å². The van der Waals surface area contributed by atoms with Crippen molar-refractivity contribution < 1.29 is 4.79 Å². The van der Waals surface area contributed by atoms with Crippen molar-refractivity contribution in [2.75, 3.05) is 18.9 Å². The number of anilines is 1. The van der Waals surface area contributed by atoms with Gasteiger partial charge in [-0.1, -0.05) is 0 Å². The largest absolute Gasteiger partial charge is 0.324 e. The van der Waals surface area contributed by atoms with Crippen molar-refractivity contribution in [1.29, 1.82) is 0 Å². The summed E-state index contributed by atoms with van der Waals surface area (Å²) >= 11 is 0. The highest BCUT2D eigenvalue weighted by atomic mass is 16.2. The van der Waals surface area contributed by atoms with Gasteiger partial charge in [0.15, 0.2) is 0 Å². The molecule has 0 saturated heterocycles. The number of pyridine rings is 2. The summed E-state index contributed by atoms with van der Waals surface area (Å²) in [6, 6.07) is 5.88. The third-order valence-electron chi connectivity index (χ3n) is 5.09. The summed E-state index contributed by atoms with van der Waals surface area (Å²) < 4.78 is 2.24. The van der Waals surface area contributed by atoms with Crippen LogP contribution in [0.3, 0.4) is 0 Å². The third kappa shape index (κ3) is 2.74. The van der Waals surface area contributed by atoms with E-state index in [1.54, 1.807) is 6.20 Å². The molecule has 1 aliphatic carbocycles. The highest BCUT2D eigenvalue weighted by Crippen LogP contribution is 2.30. The number of imidazole rings is 1. The van der Waals surface area contributed by atoms with E-state index in [0.717, 1.165) is 60.6 Å². The molecule has 1 aliphatic heterocycles. The van der Waals surface area contributed by atoms with Gasteiger partial charge in [-0.15, -0.1) is 0 Å². The Kier molecular flexibility index (Phi) is 3.49. The van der Waals surface area contributed by atoms with Crippen LogP contribution in [0.15, 0.2) is 30.6 Å². The Balaban J connectivity index is 1.50. The monoisotopic (exact) mass is 348 g/mol. The van der Waals surface area contributed by atoms with E-state index in [9.17, 15) is 4.79 Å². The second-order valence-electron chi connectivity index (χ2n) is 7.17. The Bertz CT molecular complexity index is 1010. The van der Waals surface area contributed by atoms with Crippen LogP contribution in [-0.2, 0) is 17.9 Å². The molecule has 2 aliphatic rings. The van der Waals surface area contributed by atoms with Gasteiger partial charge in [-0.05, 0) is 32.0 Å². The molecule has 4 heterocycles. The van der Waals surface area contributed by atoms with E-state index in [1.165, 1.54) is 0 Å². The Morgan fingerprint density at radius 3 is 2.92 bits per heavy atom. The second-order valence-corrected chi connectivity index (χ2v) is 7.17. The molecule has 132 valence electrons. The fraction of sp³-hybridized carbons (Fsp3) is 0.368. The number of carbonyl (C=O) groups excluding carboxylic acids is 1. The first-order valence-corrected chi connectivity index (χ1v) is 8.98. The number of nitrogens with one attached hydrogen (secondary N) is 1. The number of hydrogen-bond donors (Lipinski definition) is 1. The summed E-state index contributed by atoms with van der Waals surface area (Å²) in [5.41, 5.74) is 2.76. The van der Waals surface area contributed by atoms with Gasteiger partial charge in [-0.2, -0.15) is 0 Å². The molecule has 26 heavy (non-hydrogen) atoms. The molecule has 1 saturated carbocycles. The Morgan fingerprint density at radius 1 is 1.19 bits per heavy atom. The molecule has 7 heteroatoms. The van der Waals surface area contributed by atoms with Gasteiger partial charge >= 0.3 is 0 Å². The number of likely N-dealkylation sites (N-methyl/N-ethyl adjacent to an activating group) is 1. The minimum atomic E-state index is 0.0574. The minimum Gasteiger partial charge on any atom is -0.324 e. The van der Waals surface area contributed by atoms with Crippen molar-refractivity contribution in [3.05, 3.63) is 36.4 Å². The van der Waals surface area contributed by atoms with Crippen molar-refractivity contribution in [2.45, 2.75) is 25.9 Å². The maximum Gasteiger partial charge on any atom is 0.228 e. The number of aromatic nitrogens is 4. The molecule has 3 aromatic heterocycles. The lowest BCUT2D eigenvalue weighted by Gasteiger charge is -2.24. The molecule has 0 spiro atoms. The quantitative estimate of drug-likeness (QED) is 0.786. The molecule has 0 atom stereocenters. The SMILES string of the molecule is CN1CCn2c(-c3ccc4cnc(NC(=O)C5CC5)cc4n3)cnc2C1. The van der Waals surface area contributed by atoms with E-state index in [1.807, 2.05) is 24.4 Å². The Morgan fingerprint density at radius 2 is 2.08 bits per heavy atom. The lowest BCUT2D eigenvalue weighted by atomic mass is 10.2. The molecule has 1 N–H and O–H groups in total. The van der Waals surface area contributed by atoms with Crippen LogP contribution in [0, 0.1) is 5.92 Å². The average molecular weight is 348 g/mol. The molecule has 1 fully saturated rings. The molecule has 3 aromatic rings. The maximum absolute atomic E-state index is 12.0. The van der Waals surface area contributed by atoms with E-state index in [0.29, 0.717) is 5.82 Å². The smallest absolute Gasteiger partial charge is 0.228 e. The van der Waals surface area contributed by atoms with E-state index in [4.69, 9.17) is 4.98 Å². The lowest BCUT2D eigenvalue weighted by Crippen LogP contribution is -2.30. The minimum absolute atomic E-state index is 0.0574. The fourth-order valence-corrected chi connectivity index (χ4v) is 3.39. The first kappa shape index (κ1) is 15.5. The molecule has 0 radical (unpaired) electrons. The summed E-state index contributed by atoms with van der Waals surface area (Å²) in [7, 11) is 2.11. The van der Waals surface area contributed by atoms with Crippen LogP contribution in [0.1, 0.15) is 18.7 Å².